The summed E-state index contributed by atoms with van der Waals surface area (Å²) in [6, 6.07) is 69.4. The molecule has 2 atom stereocenters. The second-order valence-electron chi connectivity index (χ2n) is 15.3. The van der Waals surface area contributed by atoms with E-state index >= 15 is 0 Å². The molecular weight excluding hydrogens is 691 g/mol. The van der Waals surface area contributed by atoms with Gasteiger partial charge < -0.3 is 14.0 Å². The van der Waals surface area contributed by atoms with Gasteiger partial charge in [-0.3, -0.25) is 0 Å². The Kier molecular flexibility index (Phi) is 7.05. The van der Waals surface area contributed by atoms with Crippen molar-refractivity contribution in [3.8, 4) is 33.6 Å². The predicted octanol–water partition coefficient (Wildman–Crippen LogP) is 13.9. The first-order valence-electron chi connectivity index (χ1n) is 19.8. The van der Waals surface area contributed by atoms with Crippen LogP contribution in [0.2, 0.25) is 0 Å². The zero-order chi connectivity index (χ0) is 37.5. The maximum absolute atomic E-state index is 2.50. The highest BCUT2D eigenvalue weighted by atomic mass is 15.2. The van der Waals surface area contributed by atoms with Crippen LogP contribution in [0.15, 0.2) is 212 Å². The van der Waals surface area contributed by atoms with Crippen molar-refractivity contribution >= 4 is 55.0 Å². The summed E-state index contributed by atoms with van der Waals surface area (Å²) in [5.41, 5.74) is 15.8. The molecule has 57 heavy (non-hydrogen) atoms. The summed E-state index contributed by atoms with van der Waals surface area (Å²) in [5.74, 6) is 0.273. The quantitative estimate of drug-likeness (QED) is 0.172. The zero-order valence-corrected chi connectivity index (χ0v) is 31.2. The van der Waals surface area contributed by atoms with E-state index in [1.807, 2.05) is 0 Å². The van der Waals surface area contributed by atoms with Crippen LogP contribution in [-0.4, -0.2) is 15.2 Å². The van der Waals surface area contributed by atoms with E-state index < -0.39 is 0 Å². The van der Waals surface area contributed by atoms with E-state index in [2.05, 4.69) is 226 Å². The SMILES string of the molecule is C1=CC2c3cc(-c4cc(-c5ccc6c(c5)c5ccccc5n6-c5ccccc5)cc(-n5c6ccccc6c6ccccc65)c4)ccc3N(c3ccccc3)C2C=C1. The Hall–Kier alpha value is -7.36. The van der Waals surface area contributed by atoms with Gasteiger partial charge in [-0.05, 0) is 113 Å². The third-order valence-corrected chi connectivity index (χ3v) is 12.2. The summed E-state index contributed by atoms with van der Waals surface area (Å²) in [7, 11) is 0. The number of para-hydroxylation sites is 5. The fourth-order valence-corrected chi connectivity index (χ4v) is 9.69. The molecule has 0 amide bonds. The maximum Gasteiger partial charge on any atom is 0.0629 e. The first-order valence-corrected chi connectivity index (χ1v) is 19.8. The van der Waals surface area contributed by atoms with Crippen LogP contribution in [0.3, 0.4) is 0 Å². The van der Waals surface area contributed by atoms with Gasteiger partial charge in [-0.25, -0.2) is 0 Å². The Bertz CT molecular complexity index is 3200. The fraction of sp³-hybridized carbons (Fsp3) is 0.0370. The Morgan fingerprint density at radius 1 is 0.333 bits per heavy atom. The van der Waals surface area contributed by atoms with Crippen LogP contribution in [0, 0.1) is 0 Å². The minimum absolute atomic E-state index is 0.242. The molecule has 10 aromatic rings. The lowest BCUT2D eigenvalue weighted by atomic mass is 9.89. The van der Waals surface area contributed by atoms with Crippen molar-refractivity contribution in [2.75, 3.05) is 4.90 Å². The number of aromatic nitrogens is 2. The number of anilines is 2. The fourth-order valence-electron chi connectivity index (χ4n) is 9.69. The van der Waals surface area contributed by atoms with Crippen LogP contribution in [0.25, 0.3) is 77.2 Å². The average molecular weight is 728 g/mol. The molecule has 0 saturated heterocycles. The molecule has 0 saturated carbocycles. The Morgan fingerprint density at radius 2 is 0.842 bits per heavy atom. The number of benzene rings is 8. The second kappa shape index (κ2) is 12.6. The molecule has 0 radical (unpaired) electrons. The van der Waals surface area contributed by atoms with E-state index in [0.717, 1.165) is 5.69 Å². The highest BCUT2D eigenvalue weighted by Crippen LogP contribution is 2.49. The molecule has 3 nitrogen and oxygen atoms in total. The maximum atomic E-state index is 2.50. The molecule has 0 N–H and O–H groups in total. The summed E-state index contributed by atoms with van der Waals surface area (Å²) in [6.45, 7) is 0. The molecular formula is C54H37N3. The third-order valence-electron chi connectivity index (χ3n) is 12.2. The first kappa shape index (κ1) is 31.9. The zero-order valence-electron chi connectivity index (χ0n) is 31.2. The van der Waals surface area contributed by atoms with E-state index in [1.54, 1.807) is 0 Å². The highest BCUT2D eigenvalue weighted by molar-refractivity contribution is 6.11. The van der Waals surface area contributed by atoms with Crippen LogP contribution in [0.5, 0.6) is 0 Å². The molecule has 0 spiro atoms. The molecule has 3 heteroatoms. The standard InChI is InChI=1S/C54H37N3/c1-3-15-40(16-4-1)55-51-25-13-9-21-45(51)47-34-36(27-29-53(47)55)38-31-39(33-42(32-38)57-49-23-11-7-19-43(49)44-20-8-12-24-50(44)57)37-28-30-54-48(35-37)46-22-10-14-26-52(46)56(54)41-17-5-2-6-18-41/h1-35,45,51H. The van der Waals surface area contributed by atoms with Gasteiger partial charge in [-0.15, -0.1) is 0 Å². The van der Waals surface area contributed by atoms with Gasteiger partial charge in [-0.1, -0.05) is 127 Å². The molecule has 268 valence electrons. The molecule has 0 fully saturated rings. The van der Waals surface area contributed by atoms with Crippen LogP contribution >= 0.6 is 0 Å². The topological polar surface area (TPSA) is 13.1 Å². The summed E-state index contributed by atoms with van der Waals surface area (Å²) < 4.78 is 4.84. The molecule has 2 aromatic heterocycles. The third kappa shape index (κ3) is 4.92. The highest BCUT2D eigenvalue weighted by Gasteiger charge is 2.37. The number of hydrogen-bond donors (Lipinski definition) is 0. The van der Waals surface area contributed by atoms with Gasteiger partial charge in [0.15, 0.2) is 0 Å². The Labute approximate surface area is 331 Å². The van der Waals surface area contributed by atoms with Crippen molar-refractivity contribution in [3.05, 3.63) is 218 Å². The van der Waals surface area contributed by atoms with Gasteiger partial charge in [0.2, 0.25) is 0 Å². The van der Waals surface area contributed by atoms with Gasteiger partial charge >= 0.3 is 0 Å². The van der Waals surface area contributed by atoms with E-state index in [9.17, 15) is 0 Å². The van der Waals surface area contributed by atoms with E-state index in [-0.39, 0.29) is 12.0 Å². The smallest absolute Gasteiger partial charge is 0.0629 e. The lowest BCUT2D eigenvalue weighted by Crippen LogP contribution is -2.28. The van der Waals surface area contributed by atoms with Gasteiger partial charge in [0.25, 0.3) is 0 Å². The Balaban J connectivity index is 1.09. The summed E-state index contributed by atoms with van der Waals surface area (Å²) >= 11 is 0. The number of rotatable bonds is 5. The van der Waals surface area contributed by atoms with Gasteiger partial charge in [0.1, 0.15) is 0 Å². The molecule has 8 aromatic carbocycles. The number of nitrogens with zero attached hydrogens (tertiary/aromatic N) is 3. The summed E-state index contributed by atoms with van der Waals surface area (Å²) in [4.78, 5) is 2.50. The molecule has 12 rings (SSSR count). The molecule has 0 bridgehead atoms. The number of allylic oxidation sites excluding steroid dienone is 2. The van der Waals surface area contributed by atoms with Crippen molar-refractivity contribution < 1.29 is 0 Å². The summed E-state index contributed by atoms with van der Waals surface area (Å²) in [5, 5.41) is 5.02. The van der Waals surface area contributed by atoms with Gasteiger partial charge in [0.05, 0.1) is 28.1 Å². The van der Waals surface area contributed by atoms with Gasteiger partial charge in [-0.2, -0.15) is 0 Å². The lowest BCUT2D eigenvalue weighted by molar-refractivity contribution is 0.745. The first-order chi connectivity index (χ1) is 28.3. The molecule has 1 aliphatic carbocycles. The molecule has 2 unspecified atom stereocenters. The largest absolute Gasteiger partial charge is 0.333 e. The lowest BCUT2D eigenvalue weighted by Gasteiger charge is -2.28. The molecule has 1 aliphatic heterocycles. The van der Waals surface area contributed by atoms with Crippen LogP contribution in [-0.2, 0) is 0 Å². The monoisotopic (exact) mass is 727 g/mol. The number of hydrogen-bond acceptors (Lipinski definition) is 1. The predicted molar refractivity (Wildman–Crippen MR) is 239 cm³/mol. The number of fused-ring (bicyclic) bond motifs is 9. The van der Waals surface area contributed by atoms with Crippen molar-refractivity contribution in [3.63, 3.8) is 0 Å². The second-order valence-corrected chi connectivity index (χ2v) is 15.3. The van der Waals surface area contributed by atoms with Crippen LogP contribution < -0.4 is 4.90 Å². The minimum Gasteiger partial charge on any atom is -0.333 e. The van der Waals surface area contributed by atoms with Crippen molar-refractivity contribution in [1.82, 2.24) is 9.13 Å². The average Bonchev–Trinajstić information content (AvgIpc) is 3.92. The van der Waals surface area contributed by atoms with E-state index in [4.69, 9.17) is 0 Å². The van der Waals surface area contributed by atoms with Crippen molar-refractivity contribution in [2.24, 2.45) is 0 Å². The van der Waals surface area contributed by atoms with Crippen molar-refractivity contribution in [1.29, 1.82) is 0 Å². The van der Waals surface area contributed by atoms with Crippen molar-refractivity contribution in [2.45, 2.75) is 12.0 Å². The Morgan fingerprint density at radius 3 is 1.51 bits per heavy atom. The molecule has 3 heterocycles. The van der Waals surface area contributed by atoms with E-state index in [0.29, 0.717) is 0 Å². The van der Waals surface area contributed by atoms with Gasteiger partial charge in [0, 0.05) is 50.2 Å². The van der Waals surface area contributed by atoms with E-state index in [1.165, 1.54) is 88.5 Å². The van der Waals surface area contributed by atoms with Crippen LogP contribution in [0.1, 0.15) is 11.5 Å². The molecule has 2 aliphatic rings. The minimum atomic E-state index is 0.242. The summed E-state index contributed by atoms with van der Waals surface area (Å²) in [6.07, 6.45) is 9.12. The normalized spacial score (nSPS) is 15.9. The van der Waals surface area contributed by atoms with Crippen LogP contribution in [0.4, 0.5) is 11.4 Å².